The van der Waals surface area contributed by atoms with Crippen molar-refractivity contribution in [2.45, 2.75) is 45.7 Å². The third kappa shape index (κ3) is 7.47. The van der Waals surface area contributed by atoms with Crippen LogP contribution in [0.5, 0.6) is 0 Å². The average Bonchev–Trinajstić information content (AvgIpc) is 2.68. The van der Waals surface area contributed by atoms with Crippen molar-refractivity contribution in [3.05, 3.63) is 16.6 Å². The summed E-state index contributed by atoms with van der Waals surface area (Å²) in [6.07, 6.45) is 2.47. The van der Waals surface area contributed by atoms with E-state index in [1.807, 2.05) is 5.51 Å². The van der Waals surface area contributed by atoms with E-state index in [0.29, 0.717) is 0 Å². The monoisotopic (exact) mass is 255 g/mol. The van der Waals surface area contributed by atoms with Crippen LogP contribution in [0, 0.1) is 0 Å². The Morgan fingerprint density at radius 1 is 1.35 bits per heavy atom. The van der Waals surface area contributed by atoms with E-state index in [1.54, 1.807) is 11.3 Å². The predicted molar refractivity (Wildman–Crippen MR) is 75.4 cm³/mol. The highest BCUT2D eigenvalue weighted by atomic mass is 32.1. The molecule has 0 aliphatic heterocycles. The fourth-order valence-corrected chi connectivity index (χ4v) is 2.19. The Hall–Kier alpha value is -0.450. The molecule has 0 bridgehead atoms. The molecule has 98 valence electrons. The van der Waals surface area contributed by atoms with Gasteiger partial charge in [0, 0.05) is 17.5 Å². The first-order valence-corrected chi connectivity index (χ1v) is 7.22. The van der Waals surface area contributed by atoms with Gasteiger partial charge in [-0.25, -0.2) is 4.98 Å². The molecule has 1 rings (SSSR count). The van der Waals surface area contributed by atoms with Crippen LogP contribution in [0.25, 0.3) is 0 Å². The predicted octanol–water partition coefficient (Wildman–Crippen LogP) is 2.74. The standard InChI is InChI=1S/C13H25N3S/c1-13(2,3)15-7-5-6-8-16(4)9-12-10-17-11-14-12/h10-11,15H,5-9H2,1-4H3. The molecule has 0 amide bonds. The van der Waals surface area contributed by atoms with Crippen LogP contribution in [-0.2, 0) is 6.54 Å². The summed E-state index contributed by atoms with van der Waals surface area (Å²) in [5, 5.41) is 5.63. The highest BCUT2D eigenvalue weighted by Gasteiger charge is 2.07. The van der Waals surface area contributed by atoms with Crippen LogP contribution in [0.2, 0.25) is 0 Å². The molecule has 0 unspecified atom stereocenters. The van der Waals surface area contributed by atoms with Crippen molar-refractivity contribution in [2.75, 3.05) is 20.1 Å². The molecule has 1 aromatic heterocycles. The zero-order chi connectivity index (χ0) is 12.7. The zero-order valence-corrected chi connectivity index (χ0v) is 12.3. The van der Waals surface area contributed by atoms with E-state index in [2.05, 4.69) is 48.4 Å². The number of nitrogens with one attached hydrogen (secondary N) is 1. The molecular weight excluding hydrogens is 230 g/mol. The maximum Gasteiger partial charge on any atom is 0.0795 e. The van der Waals surface area contributed by atoms with Crippen LogP contribution < -0.4 is 5.32 Å². The molecule has 3 nitrogen and oxygen atoms in total. The smallest absolute Gasteiger partial charge is 0.0795 e. The van der Waals surface area contributed by atoms with Gasteiger partial charge < -0.3 is 10.2 Å². The average molecular weight is 255 g/mol. The first kappa shape index (κ1) is 14.6. The summed E-state index contributed by atoms with van der Waals surface area (Å²) in [6, 6.07) is 0. The lowest BCUT2D eigenvalue weighted by Crippen LogP contribution is -2.36. The van der Waals surface area contributed by atoms with Crippen LogP contribution in [0.3, 0.4) is 0 Å². The van der Waals surface area contributed by atoms with Gasteiger partial charge in [0.2, 0.25) is 0 Å². The fraction of sp³-hybridized carbons (Fsp3) is 0.769. The van der Waals surface area contributed by atoms with Crippen LogP contribution in [0.15, 0.2) is 10.9 Å². The number of aromatic nitrogens is 1. The van der Waals surface area contributed by atoms with Crippen molar-refractivity contribution in [2.24, 2.45) is 0 Å². The molecule has 1 aromatic rings. The van der Waals surface area contributed by atoms with Crippen LogP contribution >= 0.6 is 11.3 Å². The van der Waals surface area contributed by atoms with Crippen LogP contribution in [0.1, 0.15) is 39.3 Å². The molecular formula is C13H25N3S. The Kier molecular flexibility index (Phi) is 6.09. The van der Waals surface area contributed by atoms with Crippen molar-refractivity contribution in [3.8, 4) is 0 Å². The van der Waals surface area contributed by atoms with Crippen LogP contribution in [-0.4, -0.2) is 35.6 Å². The van der Waals surface area contributed by atoms with Gasteiger partial charge in [0.1, 0.15) is 0 Å². The highest BCUT2D eigenvalue weighted by Crippen LogP contribution is 2.05. The molecule has 0 saturated carbocycles. The normalized spacial score (nSPS) is 12.3. The molecule has 1 heterocycles. The second kappa shape index (κ2) is 7.09. The summed E-state index contributed by atoms with van der Waals surface area (Å²) in [7, 11) is 2.16. The zero-order valence-electron chi connectivity index (χ0n) is 11.5. The molecule has 4 heteroatoms. The van der Waals surface area contributed by atoms with Gasteiger partial charge in [-0.05, 0) is 53.8 Å². The minimum absolute atomic E-state index is 0.243. The Morgan fingerprint density at radius 2 is 2.12 bits per heavy atom. The highest BCUT2D eigenvalue weighted by molar-refractivity contribution is 7.07. The van der Waals surface area contributed by atoms with E-state index < -0.39 is 0 Å². The Bertz CT molecular complexity index is 290. The van der Waals surface area contributed by atoms with Gasteiger partial charge in [0.15, 0.2) is 0 Å². The van der Waals surface area contributed by atoms with E-state index in [-0.39, 0.29) is 5.54 Å². The van der Waals surface area contributed by atoms with E-state index in [0.717, 1.165) is 19.6 Å². The Balaban J connectivity index is 2.03. The molecule has 0 saturated heterocycles. The molecule has 17 heavy (non-hydrogen) atoms. The summed E-state index contributed by atoms with van der Waals surface area (Å²) in [5.41, 5.74) is 3.33. The van der Waals surface area contributed by atoms with Gasteiger partial charge in [-0.1, -0.05) is 0 Å². The molecule has 0 radical (unpaired) electrons. The van der Waals surface area contributed by atoms with Gasteiger partial charge in [-0.15, -0.1) is 11.3 Å². The molecule has 0 atom stereocenters. The lowest BCUT2D eigenvalue weighted by Gasteiger charge is -2.21. The third-order valence-electron chi connectivity index (χ3n) is 2.54. The van der Waals surface area contributed by atoms with E-state index in [9.17, 15) is 0 Å². The Labute approximate surface area is 109 Å². The molecule has 0 aliphatic rings. The quantitative estimate of drug-likeness (QED) is 0.759. The summed E-state index contributed by atoms with van der Waals surface area (Å²) in [6.45, 7) is 9.84. The van der Waals surface area contributed by atoms with E-state index in [4.69, 9.17) is 0 Å². The minimum Gasteiger partial charge on any atom is -0.312 e. The van der Waals surface area contributed by atoms with Gasteiger partial charge in [0.05, 0.1) is 11.2 Å². The molecule has 1 N–H and O–H groups in total. The SMILES string of the molecule is CN(CCCCNC(C)(C)C)Cc1cscn1. The molecule has 0 aromatic carbocycles. The maximum absolute atomic E-state index is 4.30. The summed E-state index contributed by atoms with van der Waals surface area (Å²) in [4.78, 5) is 6.64. The van der Waals surface area contributed by atoms with Gasteiger partial charge in [0.25, 0.3) is 0 Å². The van der Waals surface area contributed by atoms with E-state index >= 15 is 0 Å². The number of unbranched alkanes of at least 4 members (excludes halogenated alkanes) is 1. The van der Waals surface area contributed by atoms with Gasteiger partial charge in [-0.2, -0.15) is 0 Å². The topological polar surface area (TPSA) is 28.2 Å². The van der Waals surface area contributed by atoms with Gasteiger partial charge >= 0.3 is 0 Å². The number of nitrogens with zero attached hydrogens (tertiary/aromatic N) is 2. The van der Waals surface area contributed by atoms with Crippen molar-refractivity contribution < 1.29 is 0 Å². The third-order valence-corrected chi connectivity index (χ3v) is 3.17. The second-order valence-corrected chi connectivity index (χ2v) is 6.32. The summed E-state index contributed by atoms with van der Waals surface area (Å²) >= 11 is 1.67. The largest absolute Gasteiger partial charge is 0.312 e. The number of thiazole rings is 1. The fourth-order valence-electron chi connectivity index (χ4n) is 1.64. The van der Waals surface area contributed by atoms with Crippen molar-refractivity contribution in [1.29, 1.82) is 0 Å². The first-order valence-electron chi connectivity index (χ1n) is 6.28. The summed E-state index contributed by atoms with van der Waals surface area (Å²) in [5.74, 6) is 0. The minimum atomic E-state index is 0.243. The maximum atomic E-state index is 4.30. The van der Waals surface area contributed by atoms with E-state index in [1.165, 1.54) is 18.5 Å². The molecule has 0 aliphatic carbocycles. The van der Waals surface area contributed by atoms with Gasteiger partial charge in [-0.3, -0.25) is 0 Å². The van der Waals surface area contributed by atoms with Crippen molar-refractivity contribution >= 4 is 11.3 Å². The summed E-state index contributed by atoms with van der Waals surface area (Å²) < 4.78 is 0. The Morgan fingerprint density at radius 3 is 2.71 bits per heavy atom. The number of hydrogen-bond acceptors (Lipinski definition) is 4. The molecule has 0 fully saturated rings. The lowest BCUT2D eigenvalue weighted by atomic mass is 10.1. The van der Waals surface area contributed by atoms with Crippen LogP contribution in [0.4, 0.5) is 0 Å². The lowest BCUT2D eigenvalue weighted by molar-refractivity contribution is 0.310. The second-order valence-electron chi connectivity index (χ2n) is 5.60. The number of hydrogen-bond donors (Lipinski definition) is 1. The van der Waals surface area contributed by atoms with Crippen molar-refractivity contribution in [3.63, 3.8) is 0 Å². The number of rotatable bonds is 7. The molecule has 0 spiro atoms. The first-order chi connectivity index (χ1) is 7.97. The van der Waals surface area contributed by atoms with Crippen molar-refractivity contribution in [1.82, 2.24) is 15.2 Å².